The van der Waals surface area contributed by atoms with E-state index in [9.17, 15) is 9.59 Å². The first-order valence-corrected chi connectivity index (χ1v) is 11.8. The van der Waals surface area contributed by atoms with Crippen LogP contribution in [0.15, 0.2) is 24.3 Å². The zero-order valence-electron chi connectivity index (χ0n) is 18.9. The molecule has 0 radical (unpaired) electrons. The molecule has 4 nitrogen and oxygen atoms in total. The van der Waals surface area contributed by atoms with E-state index >= 15 is 0 Å². The molecule has 0 aromatic heterocycles. The average Bonchev–Trinajstić information content (AvgIpc) is 2.71. The number of carbonyl (C=O) groups is 2. The largest absolute Gasteiger partial charge is 0.466 e. The van der Waals surface area contributed by atoms with Crippen LogP contribution in [-0.2, 0) is 19.1 Å². The summed E-state index contributed by atoms with van der Waals surface area (Å²) in [6, 6.07) is 0. The van der Waals surface area contributed by atoms with E-state index in [1.54, 1.807) is 0 Å². The summed E-state index contributed by atoms with van der Waals surface area (Å²) in [6.07, 6.45) is 20.5. The normalized spacial score (nSPS) is 21.4. The van der Waals surface area contributed by atoms with Crippen LogP contribution in [0.5, 0.6) is 0 Å². The summed E-state index contributed by atoms with van der Waals surface area (Å²) in [5, 5.41) is 0. The fourth-order valence-electron chi connectivity index (χ4n) is 3.93. The van der Waals surface area contributed by atoms with Crippen molar-refractivity contribution in [3.8, 4) is 0 Å². The summed E-state index contributed by atoms with van der Waals surface area (Å²) in [5.74, 6) is 0.564. The first kappa shape index (κ1) is 25.5. The van der Waals surface area contributed by atoms with Gasteiger partial charge in [-0.05, 0) is 57.8 Å². The van der Waals surface area contributed by atoms with Gasteiger partial charge in [0.15, 0.2) is 0 Å². The van der Waals surface area contributed by atoms with Gasteiger partial charge in [0.25, 0.3) is 0 Å². The molecule has 0 heterocycles. The highest BCUT2D eigenvalue weighted by atomic mass is 16.5. The highest BCUT2D eigenvalue weighted by molar-refractivity contribution is 5.73. The minimum Gasteiger partial charge on any atom is -0.466 e. The topological polar surface area (TPSA) is 52.6 Å². The van der Waals surface area contributed by atoms with Crippen molar-refractivity contribution in [2.75, 3.05) is 13.2 Å². The van der Waals surface area contributed by atoms with Crippen LogP contribution in [0.4, 0.5) is 0 Å². The fourth-order valence-corrected chi connectivity index (χ4v) is 3.93. The van der Waals surface area contributed by atoms with Crippen molar-refractivity contribution in [1.29, 1.82) is 0 Å². The second kappa shape index (κ2) is 16.2. The number of rotatable bonds is 15. The maximum atomic E-state index is 12.4. The van der Waals surface area contributed by atoms with Gasteiger partial charge in [-0.3, -0.25) is 9.59 Å². The average molecular weight is 407 g/mol. The molecule has 0 bridgehead atoms. The van der Waals surface area contributed by atoms with Gasteiger partial charge in [0.05, 0.1) is 19.1 Å². The van der Waals surface area contributed by atoms with Crippen molar-refractivity contribution >= 4 is 11.9 Å². The summed E-state index contributed by atoms with van der Waals surface area (Å²) in [7, 11) is 0. The minimum atomic E-state index is -0.0750. The molecule has 0 N–H and O–H groups in total. The summed E-state index contributed by atoms with van der Waals surface area (Å²) in [5.41, 5.74) is 0. The van der Waals surface area contributed by atoms with E-state index in [-0.39, 0.29) is 17.9 Å². The molecule has 0 aromatic rings. The molecule has 0 aliphatic heterocycles. The standard InChI is InChI=1S/C25H42O4/c1-4-7-16-22-19-18-21(20-23(22)25(27)29-6-3)15-13-11-9-8-10-12-14-17-24(26)28-5-2/h13,15,18-19,21-23H,4-12,14,16-17,20H2,1-3H3. The lowest BCUT2D eigenvalue weighted by Crippen LogP contribution is -2.29. The van der Waals surface area contributed by atoms with Gasteiger partial charge in [-0.1, -0.05) is 63.3 Å². The first-order valence-electron chi connectivity index (χ1n) is 11.8. The van der Waals surface area contributed by atoms with Crippen molar-refractivity contribution in [3.05, 3.63) is 24.3 Å². The van der Waals surface area contributed by atoms with Crippen LogP contribution in [0, 0.1) is 17.8 Å². The number of hydrogen-bond acceptors (Lipinski definition) is 4. The van der Waals surface area contributed by atoms with Crippen molar-refractivity contribution in [3.63, 3.8) is 0 Å². The monoisotopic (exact) mass is 406 g/mol. The molecule has 3 atom stereocenters. The molecular formula is C25H42O4. The van der Waals surface area contributed by atoms with Gasteiger partial charge in [0, 0.05) is 6.42 Å². The Morgan fingerprint density at radius 1 is 0.931 bits per heavy atom. The molecule has 0 saturated heterocycles. The molecule has 0 amide bonds. The van der Waals surface area contributed by atoms with E-state index in [1.807, 2.05) is 13.8 Å². The van der Waals surface area contributed by atoms with Crippen molar-refractivity contribution in [2.45, 2.75) is 91.4 Å². The molecule has 0 spiro atoms. The van der Waals surface area contributed by atoms with Gasteiger partial charge >= 0.3 is 11.9 Å². The van der Waals surface area contributed by atoms with E-state index in [0.717, 1.165) is 44.9 Å². The van der Waals surface area contributed by atoms with Gasteiger partial charge in [0.1, 0.15) is 0 Å². The SMILES string of the molecule is CCCCC1C=CC(C=CCCCCCCCC(=O)OCC)CC1C(=O)OCC. The predicted octanol–water partition coefficient (Wildman–Crippen LogP) is 6.40. The quantitative estimate of drug-likeness (QED) is 0.179. The molecule has 1 aliphatic carbocycles. The lowest BCUT2D eigenvalue weighted by atomic mass is 9.76. The van der Waals surface area contributed by atoms with Crippen LogP contribution >= 0.6 is 0 Å². The van der Waals surface area contributed by atoms with Crippen LogP contribution in [-0.4, -0.2) is 25.2 Å². The van der Waals surface area contributed by atoms with Crippen LogP contribution in [0.3, 0.4) is 0 Å². The van der Waals surface area contributed by atoms with Gasteiger partial charge in [0.2, 0.25) is 0 Å². The van der Waals surface area contributed by atoms with Crippen LogP contribution < -0.4 is 0 Å². The van der Waals surface area contributed by atoms with Gasteiger partial charge in [-0.15, -0.1) is 0 Å². The Labute approximate surface area is 178 Å². The lowest BCUT2D eigenvalue weighted by Gasteiger charge is -2.29. The van der Waals surface area contributed by atoms with Crippen LogP contribution in [0.25, 0.3) is 0 Å². The highest BCUT2D eigenvalue weighted by Gasteiger charge is 2.31. The summed E-state index contributed by atoms with van der Waals surface area (Å²) in [4.78, 5) is 23.7. The van der Waals surface area contributed by atoms with Crippen molar-refractivity contribution < 1.29 is 19.1 Å². The summed E-state index contributed by atoms with van der Waals surface area (Å²) < 4.78 is 10.3. The molecule has 1 aliphatic rings. The molecule has 1 rings (SSSR count). The third-order valence-electron chi connectivity index (χ3n) is 5.57. The summed E-state index contributed by atoms with van der Waals surface area (Å²) >= 11 is 0. The number of esters is 2. The van der Waals surface area contributed by atoms with Gasteiger partial charge in [-0.25, -0.2) is 0 Å². The van der Waals surface area contributed by atoms with Gasteiger partial charge < -0.3 is 9.47 Å². The molecule has 0 aromatic carbocycles. The maximum Gasteiger partial charge on any atom is 0.309 e. The second-order valence-corrected chi connectivity index (χ2v) is 7.99. The zero-order chi connectivity index (χ0) is 21.3. The molecule has 3 unspecified atom stereocenters. The molecule has 0 saturated carbocycles. The van der Waals surface area contributed by atoms with E-state index in [0.29, 0.717) is 31.5 Å². The number of allylic oxidation sites excluding steroid dienone is 4. The molecule has 29 heavy (non-hydrogen) atoms. The Hall–Kier alpha value is -1.58. The Balaban J connectivity index is 2.27. The van der Waals surface area contributed by atoms with E-state index in [4.69, 9.17) is 9.47 Å². The number of hydrogen-bond donors (Lipinski definition) is 0. The summed E-state index contributed by atoms with van der Waals surface area (Å²) in [6.45, 7) is 6.85. The maximum absolute atomic E-state index is 12.4. The minimum absolute atomic E-state index is 0.000508. The smallest absolute Gasteiger partial charge is 0.309 e. The fraction of sp³-hybridized carbons (Fsp3) is 0.760. The van der Waals surface area contributed by atoms with Crippen molar-refractivity contribution in [1.82, 2.24) is 0 Å². The Morgan fingerprint density at radius 2 is 1.66 bits per heavy atom. The second-order valence-electron chi connectivity index (χ2n) is 7.99. The van der Waals surface area contributed by atoms with Crippen molar-refractivity contribution in [2.24, 2.45) is 17.8 Å². The van der Waals surface area contributed by atoms with E-state index in [1.165, 1.54) is 19.3 Å². The van der Waals surface area contributed by atoms with Crippen LogP contribution in [0.1, 0.15) is 91.4 Å². The molecule has 4 heteroatoms. The van der Waals surface area contributed by atoms with E-state index in [2.05, 4.69) is 31.2 Å². The zero-order valence-corrected chi connectivity index (χ0v) is 18.9. The number of carbonyl (C=O) groups excluding carboxylic acids is 2. The Morgan fingerprint density at radius 3 is 2.38 bits per heavy atom. The number of unbranched alkanes of at least 4 members (excludes halogenated alkanes) is 6. The van der Waals surface area contributed by atoms with E-state index < -0.39 is 0 Å². The van der Waals surface area contributed by atoms with Crippen LogP contribution in [0.2, 0.25) is 0 Å². The molecule has 0 fully saturated rings. The third kappa shape index (κ3) is 11.3. The number of ether oxygens (including phenoxy) is 2. The molecular weight excluding hydrogens is 364 g/mol. The molecule has 166 valence electrons. The third-order valence-corrected chi connectivity index (χ3v) is 5.57. The first-order chi connectivity index (χ1) is 14.1. The highest BCUT2D eigenvalue weighted by Crippen LogP contribution is 2.33. The lowest BCUT2D eigenvalue weighted by molar-refractivity contribution is -0.150. The Bertz CT molecular complexity index is 509. The van der Waals surface area contributed by atoms with Gasteiger partial charge in [-0.2, -0.15) is 0 Å². The predicted molar refractivity (Wildman–Crippen MR) is 118 cm³/mol. The Kier molecular flexibility index (Phi) is 14.3.